The van der Waals surface area contributed by atoms with Crippen molar-refractivity contribution < 1.29 is 13.2 Å². The van der Waals surface area contributed by atoms with Crippen LogP contribution in [0.25, 0.3) is 11.3 Å². The van der Waals surface area contributed by atoms with Crippen LogP contribution in [0.4, 0.5) is 11.4 Å². The van der Waals surface area contributed by atoms with Crippen molar-refractivity contribution in [3.63, 3.8) is 0 Å². The second-order valence-corrected chi connectivity index (χ2v) is 11.1. The Labute approximate surface area is 201 Å². The van der Waals surface area contributed by atoms with Gasteiger partial charge in [-0.2, -0.15) is 5.10 Å². The zero-order chi connectivity index (χ0) is 24.5. The fourth-order valence-corrected chi connectivity index (χ4v) is 6.10. The molecule has 4 rings (SSSR count). The maximum absolute atomic E-state index is 13.1. The number of benzene rings is 2. The van der Waals surface area contributed by atoms with Crippen LogP contribution in [-0.2, 0) is 9.84 Å². The zero-order valence-electron chi connectivity index (χ0n) is 20.2. The number of rotatable bonds is 7. The molecule has 1 aliphatic heterocycles. The maximum atomic E-state index is 13.1. The molecule has 1 fully saturated rings. The lowest BCUT2D eigenvalue weighted by Gasteiger charge is -2.21. The predicted octanol–water partition coefficient (Wildman–Crippen LogP) is 4.63. The molecule has 2 aromatic carbocycles. The summed E-state index contributed by atoms with van der Waals surface area (Å²) in [6.45, 7) is 10.1. The highest BCUT2D eigenvalue weighted by Gasteiger charge is 2.32. The lowest BCUT2D eigenvalue weighted by Crippen LogP contribution is -2.21. The molecule has 1 aliphatic rings. The van der Waals surface area contributed by atoms with E-state index in [-0.39, 0.29) is 29.1 Å². The van der Waals surface area contributed by atoms with Crippen LogP contribution in [0.5, 0.6) is 0 Å². The van der Waals surface area contributed by atoms with Crippen molar-refractivity contribution in [2.75, 3.05) is 34.8 Å². The Morgan fingerprint density at radius 2 is 1.76 bits per heavy atom. The van der Waals surface area contributed by atoms with E-state index in [4.69, 9.17) is 0 Å². The normalized spacial score (nSPS) is 17.0. The van der Waals surface area contributed by atoms with Gasteiger partial charge in [0.1, 0.15) is 0 Å². The number of nitrogens with one attached hydrogen (secondary N) is 1. The van der Waals surface area contributed by atoms with Gasteiger partial charge in [-0.15, -0.1) is 0 Å². The molecule has 0 aliphatic carbocycles. The van der Waals surface area contributed by atoms with E-state index in [9.17, 15) is 13.2 Å². The van der Waals surface area contributed by atoms with E-state index in [1.54, 1.807) is 10.7 Å². The number of carbonyl (C=O) groups is 1. The summed E-state index contributed by atoms with van der Waals surface area (Å²) in [7, 11) is -3.10. The number of amides is 1. The summed E-state index contributed by atoms with van der Waals surface area (Å²) in [4.78, 5) is 15.3. The molecule has 8 heteroatoms. The van der Waals surface area contributed by atoms with Gasteiger partial charge in [-0.3, -0.25) is 9.48 Å². The first-order chi connectivity index (χ1) is 16.2. The Bertz CT molecular complexity index is 1290. The molecule has 0 bridgehead atoms. The average Bonchev–Trinajstić information content (AvgIpc) is 3.41. The number of anilines is 2. The molecule has 7 nitrogen and oxygen atoms in total. The summed E-state index contributed by atoms with van der Waals surface area (Å²) >= 11 is 0. The molecule has 180 valence electrons. The highest BCUT2D eigenvalue weighted by molar-refractivity contribution is 7.91. The smallest absolute Gasteiger partial charge is 0.276 e. The Hall–Kier alpha value is -3.13. The Kier molecular flexibility index (Phi) is 6.79. The summed E-state index contributed by atoms with van der Waals surface area (Å²) < 4.78 is 26.0. The fraction of sp³-hybridized carbons (Fsp3) is 0.385. The van der Waals surface area contributed by atoms with Gasteiger partial charge in [-0.05, 0) is 81.6 Å². The molecule has 1 N–H and O–H groups in total. The van der Waals surface area contributed by atoms with Crippen molar-refractivity contribution in [2.45, 2.75) is 40.2 Å². The van der Waals surface area contributed by atoms with Gasteiger partial charge in [0.25, 0.3) is 5.91 Å². The van der Waals surface area contributed by atoms with E-state index < -0.39 is 9.84 Å². The van der Waals surface area contributed by atoms with E-state index in [0.29, 0.717) is 12.1 Å². The van der Waals surface area contributed by atoms with Crippen LogP contribution in [0, 0.1) is 13.8 Å². The number of hydrogen-bond donors (Lipinski definition) is 1. The van der Waals surface area contributed by atoms with Gasteiger partial charge in [-0.1, -0.05) is 12.1 Å². The van der Waals surface area contributed by atoms with Gasteiger partial charge in [0.2, 0.25) is 0 Å². The molecule has 1 atom stereocenters. The minimum Gasteiger partial charge on any atom is -0.372 e. The number of carbonyl (C=O) groups excluding carboxylic acids is 1. The third-order valence-electron chi connectivity index (χ3n) is 6.58. The largest absolute Gasteiger partial charge is 0.372 e. The monoisotopic (exact) mass is 480 g/mol. The topological polar surface area (TPSA) is 84.3 Å². The first-order valence-electron chi connectivity index (χ1n) is 11.7. The Morgan fingerprint density at radius 3 is 2.35 bits per heavy atom. The molecular weight excluding hydrogens is 448 g/mol. The van der Waals surface area contributed by atoms with Crippen LogP contribution in [0.1, 0.15) is 47.9 Å². The summed E-state index contributed by atoms with van der Waals surface area (Å²) in [5.74, 6) is -0.134. The van der Waals surface area contributed by atoms with Gasteiger partial charge >= 0.3 is 0 Å². The molecule has 1 saturated heterocycles. The van der Waals surface area contributed by atoms with Crippen LogP contribution in [0.15, 0.2) is 48.5 Å². The molecule has 0 unspecified atom stereocenters. The second kappa shape index (κ2) is 9.62. The van der Waals surface area contributed by atoms with E-state index in [0.717, 1.165) is 35.6 Å². The summed E-state index contributed by atoms with van der Waals surface area (Å²) in [5, 5.41) is 7.51. The van der Waals surface area contributed by atoms with Crippen LogP contribution < -0.4 is 10.2 Å². The summed E-state index contributed by atoms with van der Waals surface area (Å²) in [6, 6.07) is 15.3. The van der Waals surface area contributed by atoms with Crippen molar-refractivity contribution in [3.05, 3.63) is 65.4 Å². The summed E-state index contributed by atoms with van der Waals surface area (Å²) in [5.41, 5.74) is 6.03. The van der Waals surface area contributed by atoms with Gasteiger partial charge in [0.15, 0.2) is 15.5 Å². The van der Waals surface area contributed by atoms with E-state index >= 15 is 0 Å². The fourth-order valence-electron chi connectivity index (χ4n) is 4.41. The molecule has 0 spiro atoms. The number of hydrogen-bond acceptors (Lipinski definition) is 5. The van der Waals surface area contributed by atoms with E-state index in [1.165, 1.54) is 5.56 Å². The maximum Gasteiger partial charge on any atom is 0.276 e. The number of nitrogens with zero attached hydrogens (tertiary/aromatic N) is 3. The third kappa shape index (κ3) is 5.01. The molecule has 2 heterocycles. The van der Waals surface area contributed by atoms with Crippen molar-refractivity contribution >= 4 is 27.1 Å². The van der Waals surface area contributed by atoms with Crippen LogP contribution in [-0.4, -0.2) is 48.7 Å². The molecule has 0 radical (unpaired) electrons. The first kappa shape index (κ1) is 24.0. The Balaban J connectivity index is 1.64. The third-order valence-corrected chi connectivity index (χ3v) is 8.33. The van der Waals surface area contributed by atoms with E-state index in [1.807, 2.05) is 50.2 Å². The summed E-state index contributed by atoms with van der Waals surface area (Å²) in [6.07, 6.45) is 0.496. The molecule has 3 aromatic rings. The van der Waals surface area contributed by atoms with E-state index in [2.05, 4.69) is 35.2 Å². The molecular formula is C26H32N4O3S. The number of sulfone groups is 1. The predicted molar refractivity (Wildman–Crippen MR) is 137 cm³/mol. The zero-order valence-corrected chi connectivity index (χ0v) is 21.0. The highest BCUT2D eigenvalue weighted by atomic mass is 32.2. The van der Waals surface area contributed by atoms with Crippen molar-refractivity contribution in [1.82, 2.24) is 9.78 Å². The van der Waals surface area contributed by atoms with Crippen molar-refractivity contribution in [1.29, 1.82) is 0 Å². The van der Waals surface area contributed by atoms with Gasteiger partial charge in [0.05, 0.1) is 23.2 Å². The molecule has 1 amide bonds. The number of aryl methyl sites for hydroxylation is 2. The average molecular weight is 481 g/mol. The van der Waals surface area contributed by atoms with Gasteiger partial charge < -0.3 is 10.2 Å². The molecule has 34 heavy (non-hydrogen) atoms. The lowest BCUT2D eigenvalue weighted by molar-refractivity contribution is 0.102. The van der Waals surface area contributed by atoms with Crippen LogP contribution in [0.3, 0.4) is 0 Å². The Morgan fingerprint density at radius 1 is 1.06 bits per heavy atom. The van der Waals surface area contributed by atoms with Gasteiger partial charge in [-0.25, -0.2) is 8.42 Å². The lowest BCUT2D eigenvalue weighted by atomic mass is 10.0. The molecule has 0 saturated carbocycles. The SMILES string of the molecule is CCN(CC)c1ccc(NC(=O)c2cc(-c3ccc(C)c(C)c3)n([C@H]3CCS(=O)(=O)C3)n2)cc1. The highest BCUT2D eigenvalue weighted by Crippen LogP contribution is 2.31. The quantitative estimate of drug-likeness (QED) is 0.533. The van der Waals surface area contributed by atoms with Gasteiger partial charge in [0, 0.05) is 30.0 Å². The standard InChI is InChI=1S/C26H32N4O3S/c1-5-29(6-2)22-11-9-21(10-12-22)27-26(31)24-16-25(20-8-7-18(3)19(4)15-20)30(28-24)23-13-14-34(32,33)17-23/h7-12,15-16,23H,5-6,13-14,17H2,1-4H3,(H,27,31)/t23-/m0/s1. The van der Waals surface area contributed by atoms with Crippen molar-refractivity contribution in [3.8, 4) is 11.3 Å². The molecule has 1 aromatic heterocycles. The minimum absolute atomic E-state index is 0.0421. The number of aromatic nitrogens is 2. The second-order valence-electron chi connectivity index (χ2n) is 8.89. The first-order valence-corrected chi connectivity index (χ1v) is 13.6. The van der Waals surface area contributed by atoms with Crippen LogP contribution >= 0.6 is 0 Å². The minimum atomic E-state index is -3.10. The van der Waals surface area contributed by atoms with Crippen LogP contribution in [0.2, 0.25) is 0 Å². The van der Waals surface area contributed by atoms with Crippen molar-refractivity contribution in [2.24, 2.45) is 0 Å².